The van der Waals surface area contributed by atoms with Crippen LogP contribution in [0.2, 0.25) is 0 Å². The third-order valence-electron chi connectivity index (χ3n) is 2.04. The second-order valence-corrected chi connectivity index (χ2v) is 4.06. The van der Waals surface area contributed by atoms with Gasteiger partial charge in [0.05, 0.1) is 5.69 Å². The van der Waals surface area contributed by atoms with Crippen LogP contribution in [0.3, 0.4) is 0 Å². The van der Waals surface area contributed by atoms with E-state index in [-0.39, 0.29) is 5.82 Å². The zero-order chi connectivity index (χ0) is 10.7. The van der Waals surface area contributed by atoms with E-state index in [0.717, 1.165) is 16.4 Å². The van der Waals surface area contributed by atoms with Crippen molar-refractivity contribution in [3.05, 3.63) is 46.7 Å². The molecule has 0 amide bonds. The van der Waals surface area contributed by atoms with Crippen molar-refractivity contribution >= 4 is 16.5 Å². The SMILES string of the molecule is CNc1nc(Cc2cccc(F)c2)cs1. The van der Waals surface area contributed by atoms with Crippen LogP contribution in [0.15, 0.2) is 29.6 Å². The van der Waals surface area contributed by atoms with Crippen molar-refractivity contribution in [3.63, 3.8) is 0 Å². The minimum atomic E-state index is -0.198. The van der Waals surface area contributed by atoms with Gasteiger partial charge in [-0.25, -0.2) is 9.37 Å². The second-order valence-electron chi connectivity index (χ2n) is 3.20. The first-order valence-corrected chi connectivity index (χ1v) is 5.52. The summed E-state index contributed by atoms with van der Waals surface area (Å²) in [4.78, 5) is 4.34. The Morgan fingerprint density at radius 2 is 2.33 bits per heavy atom. The quantitative estimate of drug-likeness (QED) is 0.863. The van der Waals surface area contributed by atoms with Gasteiger partial charge >= 0.3 is 0 Å². The van der Waals surface area contributed by atoms with Crippen molar-refractivity contribution in [1.82, 2.24) is 4.98 Å². The van der Waals surface area contributed by atoms with E-state index in [9.17, 15) is 4.39 Å². The molecule has 0 unspecified atom stereocenters. The number of anilines is 1. The Labute approximate surface area is 91.8 Å². The molecule has 15 heavy (non-hydrogen) atoms. The summed E-state index contributed by atoms with van der Waals surface area (Å²) in [6.07, 6.45) is 0.677. The Morgan fingerprint density at radius 3 is 3.00 bits per heavy atom. The average molecular weight is 222 g/mol. The van der Waals surface area contributed by atoms with Crippen molar-refractivity contribution in [3.8, 4) is 0 Å². The van der Waals surface area contributed by atoms with Gasteiger partial charge in [0, 0.05) is 18.8 Å². The van der Waals surface area contributed by atoms with E-state index in [0.29, 0.717) is 6.42 Å². The highest BCUT2D eigenvalue weighted by Gasteiger charge is 2.02. The molecular weight excluding hydrogens is 211 g/mol. The fraction of sp³-hybridized carbons (Fsp3) is 0.182. The monoisotopic (exact) mass is 222 g/mol. The molecule has 0 aliphatic heterocycles. The summed E-state index contributed by atoms with van der Waals surface area (Å²) >= 11 is 1.56. The van der Waals surface area contributed by atoms with Crippen molar-refractivity contribution < 1.29 is 4.39 Å². The number of rotatable bonds is 3. The predicted molar refractivity (Wildman–Crippen MR) is 60.9 cm³/mol. The molecule has 0 saturated carbocycles. The molecule has 1 N–H and O–H groups in total. The predicted octanol–water partition coefficient (Wildman–Crippen LogP) is 2.91. The molecule has 1 aromatic carbocycles. The molecule has 0 saturated heterocycles. The molecule has 78 valence electrons. The van der Waals surface area contributed by atoms with E-state index >= 15 is 0 Å². The molecule has 2 rings (SSSR count). The van der Waals surface area contributed by atoms with Gasteiger partial charge in [-0.2, -0.15) is 0 Å². The summed E-state index contributed by atoms with van der Waals surface area (Å²) in [6.45, 7) is 0. The Balaban J connectivity index is 2.14. The molecule has 1 heterocycles. The largest absolute Gasteiger partial charge is 0.365 e. The van der Waals surface area contributed by atoms with Crippen LogP contribution in [-0.4, -0.2) is 12.0 Å². The molecule has 0 aliphatic rings. The van der Waals surface area contributed by atoms with Gasteiger partial charge in [0.25, 0.3) is 0 Å². The van der Waals surface area contributed by atoms with Crippen molar-refractivity contribution in [1.29, 1.82) is 0 Å². The number of hydrogen-bond donors (Lipinski definition) is 1. The number of aromatic nitrogens is 1. The lowest BCUT2D eigenvalue weighted by atomic mass is 10.1. The Bertz CT molecular complexity index is 453. The summed E-state index contributed by atoms with van der Waals surface area (Å²) in [5.41, 5.74) is 1.91. The fourth-order valence-corrected chi connectivity index (χ4v) is 2.03. The lowest BCUT2D eigenvalue weighted by molar-refractivity contribution is 0.626. The van der Waals surface area contributed by atoms with Crippen LogP contribution < -0.4 is 5.32 Å². The molecule has 0 spiro atoms. The molecule has 4 heteroatoms. The van der Waals surface area contributed by atoms with Crippen LogP contribution in [0, 0.1) is 5.82 Å². The number of nitrogens with one attached hydrogen (secondary N) is 1. The maximum atomic E-state index is 12.9. The first-order valence-electron chi connectivity index (χ1n) is 4.64. The van der Waals surface area contributed by atoms with E-state index in [2.05, 4.69) is 10.3 Å². The third-order valence-corrected chi connectivity index (χ3v) is 2.95. The summed E-state index contributed by atoms with van der Waals surface area (Å²) in [5.74, 6) is -0.198. The summed E-state index contributed by atoms with van der Waals surface area (Å²) in [7, 11) is 1.84. The van der Waals surface area contributed by atoms with Crippen LogP contribution >= 0.6 is 11.3 Å². The standard InChI is InChI=1S/C11H11FN2S/c1-13-11-14-10(7-15-11)6-8-3-2-4-9(12)5-8/h2-5,7H,6H2,1H3,(H,13,14). The molecule has 0 fully saturated rings. The summed E-state index contributed by atoms with van der Waals surface area (Å²) < 4.78 is 12.9. The Hall–Kier alpha value is -1.42. The number of thiazole rings is 1. The van der Waals surface area contributed by atoms with Gasteiger partial charge in [0.2, 0.25) is 0 Å². The molecule has 0 radical (unpaired) electrons. The summed E-state index contributed by atoms with van der Waals surface area (Å²) in [6, 6.07) is 6.61. The minimum Gasteiger partial charge on any atom is -0.365 e. The molecule has 2 aromatic rings. The molecule has 1 aromatic heterocycles. The number of hydrogen-bond acceptors (Lipinski definition) is 3. The Kier molecular flexibility index (Phi) is 2.97. The molecule has 0 bridgehead atoms. The summed E-state index contributed by atoms with van der Waals surface area (Å²) in [5, 5.41) is 5.85. The average Bonchev–Trinajstić information content (AvgIpc) is 2.65. The highest BCUT2D eigenvalue weighted by atomic mass is 32.1. The topological polar surface area (TPSA) is 24.9 Å². The zero-order valence-corrected chi connectivity index (χ0v) is 9.14. The fourth-order valence-electron chi connectivity index (χ4n) is 1.36. The van der Waals surface area contributed by atoms with Gasteiger partial charge in [-0.05, 0) is 17.7 Å². The normalized spacial score (nSPS) is 10.3. The van der Waals surface area contributed by atoms with Gasteiger partial charge in [0.1, 0.15) is 5.82 Å². The maximum absolute atomic E-state index is 12.9. The van der Waals surface area contributed by atoms with Crippen molar-refractivity contribution in [2.75, 3.05) is 12.4 Å². The van der Waals surface area contributed by atoms with Crippen LogP contribution in [0.1, 0.15) is 11.3 Å². The zero-order valence-electron chi connectivity index (χ0n) is 8.33. The first kappa shape index (κ1) is 10.1. The van der Waals surface area contributed by atoms with E-state index in [1.807, 2.05) is 18.5 Å². The maximum Gasteiger partial charge on any atom is 0.182 e. The number of halogens is 1. The van der Waals surface area contributed by atoms with Crippen LogP contribution in [-0.2, 0) is 6.42 Å². The minimum absolute atomic E-state index is 0.198. The molecule has 2 nitrogen and oxygen atoms in total. The number of benzene rings is 1. The van der Waals surface area contributed by atoms with Gasteiger partial charge in [-0.1, -0.05) is 12.1 Å². The number of nitrogens with zero attached hydrogens (tertiary/aromatic N) is 1. The van der Waals surface area contributed by atoms with Crippen molar-refractivity contribution in [2.45, 2.75) is 6.42 Å². The lowest BCUT2D eigenvalue weighted by Gasteiger charge is -1.97. The van der Waals surface area contributed by atoms with Crippen molar-refractivity contribution in [2.24, 2.45) is 0 Å². The smallest absolute Gasteiger partial charge is 0.182 e. The van der Waals surface area contributed by atoms with E-state index < -0.39 is 0 Å². The third kappa shape index (κ3) is 2.53. The lowest BCUT2D eigenvalue weighted by Crippen LogP contribution is -1.91. The van der Waals surface area contributed by atoms with Gasteiger partial charge < -0.3 is 5.32 Å². The molecule has 0 atom stereocenters. The van der Waals surface area contributed by atoms with Crippen LogP contribution in [0.5, 0.6) is 0 Å². The first-order chi connectivity index (χ1) is 7.28. The van der Waals surface area contributed by atoms with E-state index in [4.69, 9.17) is 0 Å². The molecular formula is C11H11FN2S. The highest BCUT2D eigenvalue weighted by Crippen LogP contribution is 2.17. The van der Waals surface area contributed by atoms with Crippen LogP contribution in [0.4, 0.5) is 9.52 Å². The van der Waals surface area contributed by atoms with Gasteiger partial charge in [0.15, 0.2) is 5.13 Å². The van der Waals surface area contributed by atoms with Gasteiger partial charge in [-0.3, -0.25) is 0 Å². The van der Waals surface area contributed by atoms with E-state index in [1.165, 1.54) is 6.07 Å². The molecule has 0 aliphatic carbocycles. The highest BCUT2D eigenvalue weighted by molar-refractivity contribution is 7.13. The van der Waals surface area contributed by atoms with Gasteiger partial charge in [-0.15, -0.1) is 11.3 Å². The van der Waals surface area contributed by atoms with E-state index in [1.54, 1.807) is 23.5 Å². The Morgan fingerprint density at radius 1 is 1.47 bits per heavy atom. The van der Waals surface area contributed by atoms with Crippen LogP contribution in [0.25, 0.3) is 0 Å². The second kappa shape index (κ2) is 4.40.